The van der Waals surface area contributed by atoms with Gasteiger partial charge in [-0.25, -0.2) is 0 Å². The molecule has 0 atom stereocenters. The van der Waals surface area contributed by atoms with Crippen molar-refractivity contribution in [2.75, 3.05) is 74.3 Å². The number of rotatable bonds is 8. The molecule has 0 spiro atoms. The zero-order valence-electron chi connectivity index (χ0n) is 18.2. The molecular weight excluding hydrogens is 428 g/mol. The number of anilines is 3. The molecule has 2 fully saturated rings. The van der Waals surface area contributed by atoms with Gasteiger partial charge < -0.3 is 29.9 Å². The molecule has 0 saturated carbocycles. The van der Waals surface area contributed by atoms with E-state index >= 15 is 0 Å². The average molecular weight is 459 g/mol. The van der Waals surface area contributed by atoms with Crippen LogP contribution in [0, 0.1) is 0 Å². The van der Waals surface area contributed by atoms with Crippen LogP contribution in [0.3, 0.4) is 0 Å². The van der Waals surface area contributed by atoms with Gasteiger partial charge in [0.25, 0.3) is 5.91 Å². The van der Waals surface area contributed by atoms with E-state index in [0.717, 1.165) is 56.5 Å². The van der Waals surface area contributed by atoms with Crippen molar-refractivity contribution in [3.05, 3.63) is 40.6 Å². The summed E-state index contributed by atoms with van der Waals surface area (Å²) in [5.41, 5.74) is 2.98. The number of benzene rings is 1. The number of nitrogens with zero attached hydrogens (tertiary/aromatic N) is 2. The van der Waals surface area contributed by atoms with E-state index in [-0.39, 0.29) is 11.8 Å². The Morgan fingerprint density at radius 3 is 2.38 bits per heavy atom. The molecule has 4 rings (SSSR count). The predicted molar refractivity (Wildman–Crippen MR) is 127 cm³/mol. The second-order valence-corrected chi connectivity index (χ2v) is 8.73. The Bertz CT molecular complexity index is 893. The maximum atomic E-state index is 12.6. The normalized spacial score (nSPS) is 16.6. The Kier molecular flexibility index (Phi) is 7.97. The number of hydrogen-bond donors (Lipinski definition) is 2. The molecule has 0 aliphatic carbocycles. The molecule has 2 saturated heterocycles. The lowest BCUT2D eigenvalue weighted by molar-refractivity contribution is -0.116. The van der Waals surface area contributed by atoms with Crippen molar-refractivity contribution in [2.24, 2.45) is 0 Å². The standard InChI is InChI=1S/C23H30N4O4S/c28-22(4-1-7-24-23(29)21-3-2-16-32-21)25-19-6-5-18(26-8-12-30-13-9-26)17-20(19)27-10-14-31-15-11-27/h2-3,5-6,16-17H,1,4,7-15H2,(H,24,29)(H,25,28). The summed E-state index contributed by atoms with van der Waals surface area (Å²) in [6, 6.07) is 9.86. The first kappa shape index (κ1) is 22.6. The van der Waals surface area contributed by atoms with Crippen molar-refractivity contribution in [3.8, 4) is 0 Å². The van der Waals surface area contributed by atoms with Gasteiger partial charge in [-0.05, 0) is 36.1 Å². The summed E-state index contributed by atoms with van der Waals surface area (Å²) in [5, 5.41) is 7.82. The van der Waals surface area contributed by atoms with Gasteiger partial charge in [0.1, 0.15) is 0 Å². The van der Waals surface area contributed by atoms with Crippen LogP contribution in [0.15, 0.2) is 35.7 Å². The molecule has 2 amide bonds. The minimum Gasteiger partial charge on any atom is -0.378 e. The first-order valence-electron chi connectivity index (χ1n) is 11.1. The lowest BCUT2D eigenvalue weighted by Gasteiger charge is -2.33. The minimum atomic E-state index is -0.0892. The van der Waals surface area contributed by atoms with Crippen molar-refractivity contribution in [1.29, 1.82) is 0 Å². The third kappa shape index (κ3) is 5.99. The highest BCUT2D eigenvalue weighted by atomic mass is 32.1. The largest absolute Gasteiger partial charge is 0.378 e. The van der Waals surface area contributed by atoms with Gasteiger partial charge >= 0.3 is 0 Å². The van der Waals surface area contributed by atoms with Crippen LogP contribution in [0.25, 0.3) is 0 Å². The average Bonchev–Trinajstić information content (AvgIpc) is 3.38. The van der Waals surface area contributed by atoms with Crippen LogP contribution >= 0.6 is 11.3 Å². The zero-order chi connectivity index (χ0) is 22.2. The first-order chi connectivity index (χ1) is 15.7. The lowest BCUT2D eigenvalue weighted by atomic mass is 10.1. The molecule has 2 aromatic rings. The molecule has 2 aliphatic rings. The molecule has 0 radical (unpaired) electrons. The third-order valence-electron chi connectivity index (χ3n) is 5.59. The smallest absolute Gasteiger partial charge is 0.261 e. The minimum absolute atomic E-state index is 0.0518. The van der Waals surface area contributed by atoms with E-state index in [9.17, 15) is 9.59 Å². The number of ether oxygens (including phenoxy) is 2. The number of thiophene rings is 1. The molecule has 9 heteroatoms. The number of morpholine rings is 2. The Morgan fingerprint density at radius 2 is 1.69 bits per heavy atom. The fourth-order valence-electron chi connectivity index (χ4n) is 3.87. The second kappa shape index (κ2) is 11.3. The maximum Gasteiger partial charge on any atom is 0.261 e. The van der Waals surface area contributed by atoms with Crippen molar-refractivity contribution in [1.82, 2.24) is 5.32 Å². The molecule has 1 aromatic heterocycles. The summed E-state index contributed by atoms with van der Waals surface area (Å²) in [5.74, 6) is -0.141. The number of carbonyl (C=O) groups excluding carboxylic acids is 2. The van der Waals surface area contributed by atoms with E-state index in [1.807, 2.05) is 17.5 Å². The lowest BCUT2D eigenvalue weighted by Crippen LogP contribution is -2.38. The van der Waals surface area contributed by atoms with Gasteiger partial charge in [-0.3, -0.25) is 9.59 Å². The van der Waals surface area contributed by atoms with Crippen LogP contribution in [0.4, 0.5) is 17.1 Å². The number of amides is 2. The van der Waals surface area contributed by atoms with E-state index in [2.05, 4.69) is 32.6 Å². The predicted octanol–water partition coefficient (Wildman–Crippen LogP) is 2.57. The fraction of sp³-hybridized carbons (Fsp3) is 0.478. The first-order valence-corrected chi connectivity index (χ1v) is 12.0. The Morgan fingerprint density at radius 1 is 0.969 bits per heavy atom. The zero-order valence-corrected chi connectivity index (χ0v) is 19.0. The summed E-state index contributed by atoms with van der Waals surface area (Å²) in [7, 11) is 0. The van der Waals surface area contributed by atoms with Gasteiger partial charge in [0.05, 0.1) is 42.7 Å². The van der Waals surface area contributed by atoms with E-state index in [1.54, 1.807) is 6.07 Å². The van der Waals surface area contributed by atoms with Crippen LogP contribution in [-0.2, 0) is 14.3 Å². The highest BCUT2D eigenvalue weighted by molar-refractivity contribution is 7.12. The highest BCUT2D eigenvalue weighted by Gasteiger charge is 2.19. The SMILES string of the molecule is O=C(CCCNC(=O)c1cccs1)Nc1ccc(N2CCOCC2)cc1N1CCOCC1. The summed E-state index contributed by atoms with van der Waals surface area (Å²) < 4.78 is 11.0. The van der Waals surface area contributed by atoms with Gasteiger partial charge in [-0.1, -0.05) is 6.07 Å². The van der Waals surface area contributed by atoms with Crippen LogP contribution < -0.4 is 20.4 Å². The monoisotopic (exact) mass is 458 g/mol. The maximum absolute atomic E-state index is 12.6. The molecule has 3 heterocycles. The number of hydrogen-bond acceptors (Lipinski definition) is 7. The molecule has 32 heavy (non-hydrogen) atoms. The van der Waals surface area contributed by atoms with Crippen LogP contribution in [-0.4, -0.2) is 71.0 Å². The Hall–Kier alpha value is -2.62. The van der Waals surface area contributed by atoms with Crippen LogP contribution in [0.1, 0.15) is 22.5 Å². The van der Waals surface area contributed by atoms with E-state index in [1.165, 1.54) is 11.3 Å². The van der Waals surface area contributed by atoms with Crippen molar-refractivity contribution >= 4 is 40.2 Å². The Balaban J connectivity index is 1.35. The number of carbonyl (C=O) groups is 2. The molecule has 2 aliphatic heterocycles. The van der Waals surface area contributed by atoms with Gasteiger partial charge in [0.2, 0.25) is 5.91 Å². The van der Waals surface area contributed by atoms with E-state index in [0.29, 0.717) is 37.5 Å². The second-order valence-electron chi connectivity index (χ2n) is 7.79. The van der Waals surface area contributed by atoms with Crippen molar-refractivity contribution < 1.29 is 19.1 Å². The summed E-state index contributed by atoms with van der Waals surface area (Å²) in [6.07, 6.45) is 0.931. The molecule has 2 N–H and O–H groups in total. The number of nitrogens with one attached hydrogen (secondary N) is 2. The molecule has 0 bridgehead atoms. The molecule has 172 valence electrons. The molecule has 8 nitrogen and oxygen atoms in total. The Labute approximate surface area is 192 Å². The molecule has 0 unspecified atom stereocenters. The van der Waals surface area contributed by atoms with Gasteiger partial charge in [0, 0.05) is 44.8 Å². The fourth-order valence-corrected chi connectivity index (χ4v) is 4.51. The quantitative estimate of drug-likeness (QED) is 0.592. The van der Waals surface area contributed by atoms with E-state index < -0.39 is 0 Å². The van der Waals surface area contributed by atoms with Gasteiger partial charge in [-0.15, -0.1) is 11.3 Å². The van der Waals surface area contributed by atoms with E-state index in [4.69, 9.17) is 9.47 Å². The summed E-state index contributed by atoms with van der Waals surface area (Å²) in [4.78, 5) is 29.9. The van der Waals surface area contributed by atoms with Crippen LogP contribution in [0.5, 0.6) is 0 Å². The highest BCUT2D eigenvalue weighted by Crippen LogP contribution is 2.32. The van der Waals surface area contributed by atoms with Crippen LogP contribution in [0.2, 0.25) is 0 Å². The van der Waals surface area contributed by atoms with Crippen molar-refractivity contribution in [3.63, 3.8) is 0 Å². The molecule has 1 aromatic carbocycles. The van der Waals surface area contributed by atoms with Crippen molar-refractivity contribution in [2.45, 2.75) is 12.8 Å². The summed E-state index contributed by atoms with van der Waals surface area (Å²) >= 11 is 1.41. The topological polar surface area (TPSA) is 83.1 Å². The third-order valence-corrected chi connectivity index (χ3v) is 6.46. The van der Waals surface area contributed by atoms with Gasteiger partial charge in [0.15, 0.2) is 0 Å². The summed E-state index contributed by atoms with van der Waals surface area (Å²) in [6.45, 7) is 6.61. The van der Waals surface area contributed by atoms with Gasteiger partial charge in [-0.2, -0.15) is 0 Å². The molecular formula is C23H30N4O4S.